The smallest absolute Gasteiger partial charge is 0.338 e. The number of nitrogens with zero attached hydrogens (tertiary/aromatic N) is 1. The van der Waals surface area contributed by atoms with Crippen molar-refractivity contribution in [2.75, 3.05) is 13.2 Å². The molecule has 0 saturated heterocycles. The normalized spacial score (nSPS) is 16.1. The van der Waals surface area contributed by atoms with E-state index in [1.807, 2.05) is 0 Å². The topological polar surface area (TPSA) is 129 Å². The second-order valence-electron chi connectivity index (χ2n) is 6.71. The van der Waals surface area contributed by atoms with Crippen LogP contribution in [0, 0.1) is 10.1 Å². The number of urea groups is 1. The van der Waals surface area contributed by atoms with Gasteiger partial charge in [0.15, 0.2) is 0 Å². The van der Waals surface area contributed by atoms with Crippen molar-refractivity contribution in [1.82, 2.24) is 10.6 Å². The highest BCUT2D eigenvalue weighted by atomic mass is 16.6. The highest BCUT2D eigenvalue weighted by molar-refractivity contribution is 5.95. The van der Waals surface area contributed by atoms with E-state index in [2.05, 4.69) is 10.6 Å². The molecular weight excluding hydrogens is 394 g/mol. The van der Waals surface area contributed by atoms with Gasteiger partial charge in [0.05, 0.1) is 35.9 Å². The number of rotatable bonds is 9. The van der Waals surface area contributed by atoms with Crippen LogP contribution < -0.4 is 20.1 Å². The SMILES string of the molecule is CCOc1cc(OCC)c([N+](=O)[O-])cc1C1NC(=O)NC(CC)=C1C(=O)OC(C)C. The molecule has 1 atom stereocenters. The summed E-state index contributed by atoms with van der Waals surface area (Å²) in [6.07, 6.45) is -0.0300. The van der Waals surface area contributed by atoms with Crippen molar-refractivity contribution in [2.45, 2.75) is 53.2 Å². The lowest BCUT2D eigenvalue weighted by Gasteiger charge is -2.30. The lowest BCUT2D eigenvalue weighted by atomic mass is 9.93. The van der Waals surface area contributed by atoms with Gasteiger partial charge in [0.25, 0.3) is 0 Å². The molecule has 1 aliphatic heterocycles. The molecule has 0 spiro atoms. The predicted molar refractivity (Wildman–Crippen MR) is 108 cm³/mol. The highest BCUT2D eigenvalue weighted by Gasteiger charge is 2.37. The largest absolute Gasteiger partial charge is 0.493 e. The van der Waals surface area contributed by atoms with Gasteiger partial charge in [-0.3, -0.25) is 10.1 Å². The van der Waals surface area contributed by atoms with E-state index in [4.69, 9.17) is 14.2 Å². The van der Waals surface area contributed by atoms with Crippen LogP contribution in [-0.4, -0.2) is 36.2 Å². The van der Waals surface area contributed by atoms with Crippen molar-refractivity contribution in [3.8, 4) is 11.5 Å². The van der Waals surface area contributed by atoms with Gasteiger partial charge in [0.2, 0.25) is 5.75 Å². The fourth-order valence-electron chi connectivity index (χ4n) is 3.13. The molecule has 1 heterocycles. The van der Waals surface area contributed by atoms with Gasteiger partial charge < -0.3 is 24.8 Å². The van der Waals surface area contributed by atoms with E-state index in [9.17, 15) is 19.7 Å². The molecule has 10 heteroatoms. The van der Waals surface area contributed by atoms with Crippen LogP contribution in [0.3, 0.4) is 0 Å². The molecule has 0 radical (unpaired) electrons. The first-order valence-corrected chi connectivity index (χ1v) is 9.82. The van der Waals surface area contributed by atoms with Crippen LogP contribution in [0.25, 0.3) is 0 Å². The zero-order valence-electron chi connectivity index (χ0n) is 17.7. The Bertz CT molecular complexity index is 864. The summed E-state index contributed by atoms with van der Waals surface area (Å²) in [5.41, 5.74) is 0.528. The molecule has 1 aromatic carbocycles. The third kappa shape index (κ3) is 5.00. The Balaban J connectivity index is 2.72. The monoisotopic (exact) mass is 421 g/mol. The maximum atomic E-state index is 12.9. The second-order valence-corrected chi connectivity index (χ2v) is 6.71. The summed E-state index contributed by atoms with van der Waals surface area (Å²) in [4.78, 5) is 36.2. The summed E-state index contributed by atoms with van der Waals surface area (Å²) in [5.74, 6) is -0.316. The molecule has 1 unspecified atom stereocenters. The summed E-state index contributed by atoms with van der Waals surface area (Å²) < 4.78 is 16.4. The van der Waals surface area contributed by atoms with E-state index >= 15 is 0 Å². The first-order valence-electron chi connectivity index (χ1n) is 9.82. The molecule has 0 aliphatic carbocycles. The fraction of sp³-hybridized carbons (Fsp3) is 0.500. The average molecular weight is 421 g/mol. The molecule has 0 fully saturated rings. The first-order chi connectivity index (χ1) is 14.2. The van der Waals surface area contributed by atoms with Crippen LogP contribution in [0.1, 0.15) is 52.6 Å². The quantitative estimate of drug-likeness (QED) is 0.355. The Hall–Kier alpha value is -3.30. The zero-order chi connectivity index (χ0) is 22.4. The van der Waals surface area contributed by atoms with Gasteiger partial charge in [0, 0.05) is 23.4 Å². The van der Waals surface area contributed by atoms with Gasteiger partial charge in [-0.25, -0.2) is 9.59 Å². The minimum absolute atomic E-state index is 0.0426. The van der Waals surface area contributed by atoms with E-state index in [1.165, 1.54) is 12.1 Å². The number of hydrogen-bond donors (Lipinski definition) is 2. The maximum Gasteiger partial charge on any atom is 0.338 e. The first kappa shape index (κ1) is 23.0. The minimum Gasteiger partial charge on any atom is -0.493 e. The molecule has 2 N–H and O–H groups in total. The Morgan fingerprint density at radius 3 is 2.33 bits per heavy atom. The summed E-state index contributed by atoms with van der Waals surface area (Å²) >= 11 is 0. The number of benzene rings is 1. The predicted octanol–water partition coefficient (Wildman–Crippen LogP) is 3.36. The number of allylic oxidation sites excluding steroid dienone is 1. The van der Waals surface area contributed by atoms with E-state index in [0.29, 0.717) is 12.1 Å². The van der Waals surface area contributed by atoms with Crippen molar-refractivity contribution in [1.29, 1.82) is 0 Å². The van der Waals surface area contributed by atoms with E-state index in [1.54, 1.807) is 34.6 Å². The number of amides is 2. The summed E-state index contributed by atoms with van der Waals surface area (Å²) in [6.45, 7) is 9.16. The number of nitro benzene ring substituents is 1. The number of nitro groups is 1. The number of carbonyl (C=O) groups is 2. The molecule has 1 aromatic rings. The second kappa shape index (κ2) is 9.95. The van der Waals surface area contributed by atoms with Crippen molar-refractivity contribution >= 4 is 17.7 Å². The van der Waals surface area contributed by atoms with Crippen LogP contribution in [0.4, 0.5) is 10.5 Å². The summed E-state index contributed by atoms with van der Waals surface area (Å²) in [5, 5.41) is 16.9. The van der Waals surface area contributed by atoms with Crippen LogP contribution in [-0.2, 0) is 9.53 Å². The lowest BCUT2D eigenvalue weighted by Crippen LogP contribution is -2.46. The van der Waals surface area contributed by atoms with E-state index < -0.39 is 23.0 Å². The molecule has 2 amide bonds. The van der Waals surface area contributed by atoms with Crippen LogP contribution in [0.2, 0.25) is 0 Å². The molecule has 164 valence electrons. The van der Waals surface area contributed by atoms with Crippen molar-refractivity contribution in [3.05, 3.63) is 39.1 Å². The van der Waals surface area contributed by atoms with Crippen LogP contribution >= 0.6 is 0 Å². The Morgan fingerprint density at radius 1 is 1.17 bits per heavy atom. The molecule has 10 nitrogen and oxygen atoms in total. The number of esters is 1. The third-order valence-corrected chi connectivity index (χ3v) is 4.27. The number of hydrogen-bond acceptors (Lipinski definition) is 7. The van der Waals surface area contributed by atoms with Crippen LogP contribution in [0.5, 0.6) is 11.5 Å². The van der Waals surface area contributed by atoms with Gasteiger partial charge in [-0.05, 0) is 34.1 Å². The number of nitrogens with one attached hydrogen (secondary N) is 2. The Labute approximate surface area is 174 Å². The maximum absolute atomic E-state index is 12.9. The molecular formula is C20H27N3O7. The van der Waals surface area contributed by atoms with Gasteiger partial charge in [-0.15, -0.1) is 0 Å². The van der Waals surface area contributed by atoms with Crippen LogP contribution in [0.15, 0.2) is 23.4 Å². The summed E-state index contributed by atoms with van der Waals surface area (Å²) in [6, 6.07) is 1.15. The molecule has 0 bridgehead atoms. The van der Waals surface area contributed by atoms with Crippen molar-refractivity contribution in [3.63, 3.8) is 0 Å². The van der Waals surface area contributed by atoms with E-state index in [-0.39, 0.29) is 47.6 Å². The molecule has 0 saturated carbocycles. The Kier molecular flexibility index (Phi) is 7.62. The zero-order valence-corrected chi connectivity index (χ0v) is 17.7. The number of carbonyl (C=O) groups excluding carboxylic acids is 2. The molecule has 1 aliphatic rings. The minimum atomic E-state index is -0.990. The average Bonchev–Trinajstić information content (AvgIpc) is 2.67. The van der Waals surface area contributed by atoms with Crippen molar-refractivity contribution in [2.24, 2.45) is 0 Å². The van der Waals surface area contributed by atoms with Gasteiger partial charge in [-0.1, -0.05) is 6.92 Å². The molecule has 0 aromatic heterocycles. The fourth-order valence-corrected chi connectivity index (χ4v) is 3.13. The Morgan fingerprint density at radius 2 is 1.80 bits per heavy atom. The van der Waals surface area contributed by atoms with Gasteiger partial charge in [0.1, 0.15) is 5.75 Å². The van der Waals surface area contributed by atoms with Gasteiger partial charge in [-0.2, -0.15) is 0 Å². The third-order valence-electron chi connectivity index (χ3n) is 4.27. The van der Waals surface area contributed by atoms with E-state index in [0.717, 1.165) is 0 Å². The van der Waals surface area contributed by atoms with Gasteiger partial charge >= 0.3 is 17.7 Å². The summed E-state index contributed by atoms with van der Waals surface area (Å²) in [7, 11) is 0. The molecule has 30 heavy (non-hydrogen) atoms. The lowest BCUT2D eigenvalue weighted by molar-refractivity contribution is -0.385. The van der Waals surface area contributed by atoms with Crippen molar-refractivity contribution < 1.29 is 28.7 Å². The molecule has 2 rings (SSSR count). The number of ether oxygens (including phenoxy) is 3. The highest BCUT2D eigenvalue weighted by Crippen LogP contribution is 2.41. The standard InChI is InChI=1S/C20H27N3O7/c1-6-13-17(19(24)30-11(4)5)18(22-20(25)21-13)12-9-14(23(26)27)16(29-8-3)10-15(12)28-7-2/h9-11,18H,6-8H2,1-5H3,(H2,21,22,25).